The predicted octanol–water partition coefficient (Wildman–Crippen LogP) is 0.931. The SMILES string of the molecule is CCCCCS(=O)(=O)CC(=O)N1CCCCC1CN. The molecule has 2 N–H and O–H groups in total. The topological polar surface area (TPSA) is 80.5 Å². The lowest BCUT2D eigenvalue weighted by atomic mass is 10.0. The van der Waals surface area contributed by atoms with E-state index in [9.17, 15) is 13.2 Å². The number of likely N-dealkylation sites (tertiary alicyclic amines) is 1. The molecule has 0 bridgehead atoms. The van der Waals surface area contributed by atoms with E-state index in [4.69, 9.17) is 5.73 Å². The van der Waals surface area contributed by atoms with Crippen molar-refractivity contribution in [2.45, 2.75) is 51.5 Å². The van der Waals surface area contributed by atoms with E-state index in [0.717, 1.165) is 32.1 Å². The van der Waals surface area contributed by atoms with Gasteiger partial charge in [-0.1, -0.05) is 19.8 Å². The van der Waals surface area contributed by atoms with Crippen LogP contribution >= 0.6 is 0 Å². The zero-order valence-electron chi connectivity index (χ0n) is 11.8. The summed E-state index contributed by atoms with van der Waals surface area (Å²) < 4.78 is 23.7. The van der Waals surface area contributed by atoms with Gasteiger partial charge in [0.25, 0.3) is 0 Å². The second kappa shape index (κ2) is 7.85. The summed E-state index contributed by atoms with van der Waals surface area (Å²) in [6, 6.07) is 0.0205. The van der Waals surface area contributed by atoms with Crippen molar-refractivity contribution < 1.29 is 13.2 Å². The number of amides is 1. The Kier molecular flexibility index (Phi) is 6.79. The minimum atomic E-state index is -3.27. The Balaban J connectivity index is 2.52. The van der Waals surface area contributed by atoms with Crippen molar-refractivity contribution in [2.24, 2.45) is 5.73 Å². The highest BCUT2D eigenvalue weighted by Gasteiger charge is 2.28. The molecule has 1 aliphatic heterocycles. The molecule has 1 atom stereocenters. The number of nitrogens with two attached hydrogens (primary N) is 1. The molecule has 1 aliphatic rings. The number of carbonyl (C=O) groups is 1. The van der Waals surface area contributed by atoms with E-state index in [1.165, 1.54) is 0 Å². The van der Waals surface area contributed by atoms with Gasteiger partial charge in [-0.15, -0.1) is 0 Å². The second-order valence-corrected chi connectivity index (χ2v) is 7.46. The molecule has 1 rings (SSSR count). The van der Waals surface area contributed by atoms with Gasteiger partial charge >= 0.3 is 0 Å². The highest BCUT2D eigenvalue weighted by molar-refractivity contribution is 7.92. The molecule has 6 heteroatoms. The monoisotopic (exact) mass is 290 g/mol. The molecule has 0 aromatic heterocycles. The summed E-state index contributed by atoms with van der Waals surface area (Å²) in [6.07, 6.45) is 5.41. The third-order valence-electron chi connectivity index (χ3n) is 3.62. The van der Waals surface area contributed by atoms with Crippen LogP contribution < -0.4 is 5.73 Å². The summed E-state index contributed by atoms with van der Waals surface area (Å²) in [5.74, 6) is -0.507. The highest BCUT2D eigenvalue weighted by Crippen LogP contribution is 2.17. The first-order valence-electron chi connectivity index (χ1n) is 7.20. The van der Waals surface area contributed by atoms with Crippen LogP contribution in [0, 0.1) is 0 Å². The molecule has 0 radical (unpaired) electrons. The summed E-state index contributed by atoms with van der Waals surface area (Å²) >= 11 is 0. The van der Waals surface area contributed by atoms with E-state index < -0.39 is 9.84 Å². The first-order valence-corrected chi connectivity index (χ1v) is 9.02. The van der Waals surface area contributed by atoms with Gasteiger partial charge in [0.05, 0.1) is 5.75 Å². The van der Waals surface area contributed by atoms with E-state index in [-0.39, 0.29) is 23.5 Å². The Morgan fingerprint density at radius 1 is 1.32 bits per heavy atom. The van der Waals surface area contributed by atoms with Crippen LogP contribution in [-0.4, -0.2) is 49.9 Å². The molecule has 1 unspecified atom stereocenters. The first kappa shape index (κ1) is 16.4. The molecule has 0 spiro atoms. The van der Waals surface area contributed by atoms with Crippen molar-refractivity contribution in [1.82, 2.24) is 4.90 Å². The Labute approximate surface area is 116 Å². The lowest BCUT2D eigenvalue weighted by Crippen LogP contribution is -2.49. The van der Waals surface area contributed by atoms with Gasteiger partial charge in [0.2, 0.25) is 5.91 Å². The predicted molar refractivity (Wildman–Crippen MR) is 76.6 cm³/mol. The van der Waals surface area contributed by atoms with Gasteiger partial charge in [-0.2, -0.15) is 0 Å². The number of carbonyl (C=O) groups excluding carboxylic acids is 1. The number of piperidine rings is 1. The summed E-state index contributed by atoms with van der Waals surface area (Å²) in [6.45, 7) is 3.09. The quantitative estimate of drug-likeness (QED) is 0.707. The number of hydrogen-bond donors (Lipinski definition) is 1. The van der Waals surface area contributed by atoms with Crippen LogP contribution in [0.1, 0.15) is 45.4 Å². The molecule has 1 fully saturated rings. The second-order valence-electron chi connectivity index (χ2n) is 5.27. The fraction of sp³-hybridized carbons (Fsp3) is 0.923. The number of sulfone groups is 1. The lowest BCUT2D eigenvalue weighted by molar-refractivity contribution is -0.131. The maximum absolute atomic E-state index is 12.1. The van der Waals surface area contributed by atoms with Gasteiger partial charge < -0.3 is 10.6 Å². The van der Waals surface area contributed by atoms with Crippen LogP contribution in [-0.2, 0) is 14.6 Å². The van der Waals surface area contributed by atoms with Crippen LogP contribution in [0.25, 0.3) is 0 Å². The van der Waals surface area contributed by atoms with Gasteiger partial charge in [0.1, 0.15) is 5.75 Å². The Morgan fingerprint density at radius 2 is 2.05 bits per heavy atom. The van der Waals surface area contributed by atoms with Gasteiger partial charge in [-0.25, -0.2) is 8.42 Å². The third kappa shape index (κ3) is 5.48. The summed E-state index contributed by atoms with van der Waals surface area (Å²) in [7, 11) is -3.27. The molecule has 1 heterocycles. The van der Waals surface area contributed by atoms with E-state index in [2.05, 4.69) is 0 Å². The Morgan fingerprint density at radius 3 is 2.68 bits per heavy atom. The zero-order valence-corrected chi connectivity index (χ0v) is 12.6. The molecule has 5 nitrogen and oxygen atoms in total. The molecular weight excluding hydrogens is 264 g/mol. The molecule has 0 aliphatic carbocycles. The molecule has 1 saturated heterocycles. The fourth-order valence-electron chi connectivity index (χ4n) is 2.49. The average Bonchev–Trinajstić information content (AvgIpc) is 2.38. The number of rotatable bonds is 7. The normalized spacial score (nSPS) is 20.5. The van der Waals surface area contributed by atoms with Gasteiger partial charge in [0, 0.05) is 19.1 Å². The van der Waals surface area contributed by atoms with Crippen molar-refractivity contribution in [1.29, 1.82) is 0 Å². The van der Waals surface area contributed by atoms with Gasteiger partial charge in [-0.3, -0.25) is 4.79 Å². The molecule has 0 aromatic carbocycles. The third-order valence-corrected chi connectivity index (χ3v) is 5.22. The van der Waals surface area contributed by atoms with Crippen LogP contribution in [0.5, 0.6) is 0 Å². The molecule has 19 heavy (non-hydrogen) atoms. The first-order chi connectivity index (χ1) is 9.00. The highest BCUT2D eigenvalue weighted by atomic mass is 32.2. The number of nitrogens with zero attached hydrogens (tertiary/aromatic N) is 1. The zero-order chi connectivity index (χ0) is 14.3. The van der Waals surface area contributed by atoms with E-state index in [1.807, 2.05) is 6.92 Å². The van der Waals surface area contributed by atoms with Crippen molar-refractivity contribution in [3.8, 4) is 0 Å². The number of hydrogen-bond acceptors (Lipinski definition) is 4. The van der Waals surface area contributed by atoms with Crippen molar-refractivity contribution in [3.63, 3.8) is 0 Å². The van der Waals surface area contributed by atoms with E-state index in [0.29, 0.717) is 19.5 Å². The molecule has 1 amide bonds. The minimum absolute atomic E-state index is 0.0205. The van der Waals surface area contributed by atoms with Gasteiger partial charge in [-0.05, 0) is 25.7 Å². The molecule has 0 aromatic rings. The summed E-state index contributed by atoms with van der Waals surface area (Å²) in [5.41, 5.74) is 5.65. The fourth-order valence-corrected chi connectivity index (χ4v) is 3.82. The maximum atomic E-state index is 12.1. The standard InChI is InChI=1S/C13H26N2O3S/c1-2-3-6-9-19(17,18)11-13(16)15-8-5-4-7-12(15)10-14/h12H,2-11,14H2,1H3. The summed E-state index contributed by atoms with van der Waals surface area (Å²) in [4.78, 5) is 13.8. The van der Waals surface area contributed by atoms with Crippen LogP contribution in [0.3, 0.4) is 0 Å². The van der Waals surface area contributed by atoms with Crippen LogP contribution in [0.15, 0.2) is 0 Å². The van der Waals surface area contributed by atoms with Crippen LogP contribution in [0.4, 0.5) is 0 Å². The van der Waals surface area contributed by atoms with E-state index >= 15 is 0 Å². The molecular formula is C13H26N2O3S. The smallest absolute Gasteiger partial charge is 0.238 e. The molecule has 112 valence electrons. The largest absolute Gasteiger partial charge is 0.338 e. The lowest BCUT2D eigenvalue weighted by Gasteiger charge is -2.35. The van der Waals surface area contributed by atoms with Gasteiger partial charge in [0.15, 0.2) is 9.84 Å². The minimum Gasteiger partial charge on any atom is -0.338 e. The van der Waals surface area contributed by atoms with Crippen molar-refractivity contribution in [3.05, 3.63) is 0 Å². The molecule has 0 saturated carbocycles. The average molecular weight is 290 g/mol. The van der Waals surface area contributed by atoms with E-state index in [1.54, 1.807) is 4.90 Å². The maximum Gasteiger partial charge on any atom is 0.238 e. The Bertz CT molecular complexity index is 381. The number of unbranched alkanes of at least 4 members (excludes halogenated alkanes) is 2. The van der Waals surface area contributed by atoms with Crippen LogP contribution in [0.2, 0.25) is 0 Å². The Hall–Kier alpha value is -0.620. The van der Waals surface area contributed by atoms with Crippen molar-refractivity contribution in [2.75, 3.05) is 24.6 Å². The van der Waals surface area contributed by atoms with Crippen molar-refractivity contribution >= 4 is 15.7 Å². The summed E-state index contributed by atoms with van der Waals surface area (Å²) in [5, 5.41) is 0.